The van der Waals surface area contributed by atoms with Crippen LogP contribution in [0.5, 0.6) is 5.75 Å². The summed E-state index contributed by atoms with van der Waals surface area (Å²) < 4.78 is 83.3. The smallest absolute Gasteiger partial charge is 0.416 e. The second-order valence-corrected chi connectivity index (χ2v) is 7.35. The van der Waals surface area contributed by atoms with Crippen molar-refractivity contribution in [3.8, 4) is 16.9 Å². The van der Waals surface area contributed by atoms with Gasteiger partial charge in [0.05, 0.1) is 17.5 Å². The average molecular weight is 480 g/mol. The Bertz CT molecular complexity index is 1160. The summed E-state index contributed by atoms with van der Waals surface area (Å²) in [6.45, 7) is -0.0971. The van der Waals surface area contributed by atoms with Gasteiger partial charge >= 0.3 is 18.3 Å². The van der Waals surface area contributed by atoms with Crippen molar-refractivity contribution in [2.24, 2.45) is 0 Å². The van der Waals surface area contributed by atoms with Crippen LogP contribution >= 0.6 is 0 Å². The first-order valence-electron chi connectivity index (χ1n) is 9.92. The number of benzene rings is 3. The third-order valence-corrected chi connectivity index (χ3v) is 4.72. The van der Waals surface area contributed by atoms with E-state index in [2.05, 4.69) is 0 Å². The van der Waals surface area contributed by atoms with E-state index >= 15 is 0 Å². The first-order valence-corrected chi connectivity index (χ1v) is 9.92. The second-order valence-electron chi connectivity index (χ2n) is 7.35. The van der Waals surface area contributed by atoms with Gasteiger partial charge in [-0.05, 0) is 58.7 Å². The highest BCUT2D eigenvalue weighted by atomic mass is 19.4. The highest BCUT2D eigenvalue weighted by molar-refractivity contribution is 5.72. The third kappa shape index (κ3) is 6.87. The topological polar surface area (TPSA) is 46.5 Å². The molecule has 1 N–H and O–H groups in total. The van der Waals surface area contributed by atoms with Crippen LogP contribution in [0.3, 0.4) is 0 Å². The number of hydrogen-bond acceptors (Lipinski definition) is 2. The number of hydrogen-bond donors (Lipinski definition) is 1. The minimum atomic E-state index is -4.91. The van der Waals surface area contributed by atoms with E-state index in [9.17, 15) is 31.1 Å². The average Bonchev–Trinajstić information content (AvgIpc) is 2.75. The first-order chi connectivity index (χ1) is 15.9. The van der Waals surface area contributed by atoms with Crippen LogP contribution in [0.25, 0.3) is 17.2 Å². The van der Waals surface area contributed by atoms with Crippen molar-refractivity contribution >= 4 is 12.0 Å². The molecule has 9 heteroatoms. The van der Waals surface area contributed by atoms with E-state index in [-0.39, 0.29) is 24.7 Å². The highest BCUT2D eigenvalue weighted by Gasteiger charge is 2.36. The molecule has 0 fully saturated rings. The van der Waals surface area contributed by atoms with E-state index in [1.54, 1.807) is 48.5 Å². The van der Waals surface area contributed by atoms with Gasteiger partial charge in [0.1, 0.15) is 12.4 Å². The molecule has 178 valence electrons. The van der Waals surface area contributed by atoms with E-state index in [4.69, 9.17) is 9.84 Å². The van der Waals surface area contributed by atoms with Crippen LogP contribution in [-0.4, -0.2) is 17.7 Å². The number of ether oxygens (including phenoxy) is 1. The lowest BCUT2D eigenvalue weighted by Crippen LogP contribution is -2.11. The molecule has 0 aliphatic rings. The van der Waals surface area contributed by atoms with Gasteiger partial charge in [-0.1, -0.05) is 42.5 Å². The van der Waals surface area contributed by atoms with Gasteiger partial charge in [0.2, 0.25) is 0 Å². The normalized spacial score (nSPS) is 12.2. The molecule has 0 aliphatic heterocycles. The molecule has 0 spiro atoms. The molecule has 0 saturated carbocycles. The van der Waals surface area contributed by atoms with Gasteiger partial charge in [0.15, 0.2) is 0 Å². The van der Waals surface area contributed by atoms with Gasteiger partial charge in [-0.25, -0.2) is 0 Å². The van der Waals surface area contributed by atoms with Gasteiger partial charge < -0.3 is 9.84 Å². The van der Waals surface area contributed by atoms with Gasteiger partial charge in [-0.15, -0.1) is 0 Å². The molecule has 0 amide bonds. The number of carboxylic acids is 1. The summed E-state index contributed by atoms with van der Waals surface area (Å²) >= 11 is 0. The van der Waals surface area contributed by atoms with Crippen molar-refractivity contribution in [2.45, 2.75) is 18.8 Å². The van der Waals surface area contributed by atoms with Crippen LogP contribution in [0.15, 0.2) is 72.8 Å². The molecule has 0 aromatic heterocycles. The Morgan fingerprint density at radius 2 is 1.41 bits per heavy atom. The van der Waals surface area contributed by atoms with E-state index in [0.717, 1.165) is 17.2 Å². The molecule has 0 heterocycles. The Kier molecular flexibility index (Phi) is 7.34. The van der Waals surface area contributed by atoms with E-state index in [0.29, 0.717) is 23.4 Å². The van der Waals surface area contributed by atoms with Gasteiger partial charge in [0, 0.05) is 0 Å². The van der Waals surface area contributed by atoms with E-state index in [1.807, 2.05) is 0 Å². The minimum Gasteiger partial charge on any atom is -0.490 e. The molecule has 0 aliphatic carbocycles. The number of rotatable bonds is 7. The molecular formula is C25H18F6O3. The molecule has 0 radical (unpaired) electrons. The summed E-state index contributed by atoms with van der Waals surface area (Å²) in [6.07, 6.45) is -7.51. The van der Waals surface area contributed by atoms with Crippen molar-refractivity contribution in [3.63, 3.8) is 0 Å². The molecule has 3 aromatic carbocycles. The monoisotopic (exact) mass is 480 g/mol. The van der Waals surface area contributed by atoms with Crippen LogP contribution in [0.1, 0.15) is 22.3 Å². The molecule has 3 rings (SSSR count). The van der Waals surface area contributed by atoms with Crippen LogP contribution in [-0.2, 0) is 23.6 Å². The highest BCUT2D eigenvalue weighted by Crippen LogP contribution is 2.36. The van der Waals surface area contributed by atoms with Crippen molar-refractivity contribution in [1.29, 1.82) is 0 Å². The van der Waals surface area contributed by atoms with Crippen LogP contribution < -0.4 is 4.74 Å². The molecule has 0 unspecified atom stereocenters. The summed E-state index contributed by atoms with van der Waals surface area (Å²) in [5.74, 6) is -0.532. The first kappa shape index (κ1) is 24.9. The predicted octanol–water partition coefficient (Wildman–Crippen LogP) is 7.11. The SMILES string of the molecule is O=C(O)Cc1cccc(-c2cccc(OCC=Cc3cc(C(F)(F)F)cc(C(F)(F)F)c3)c2)c1. The molecular weight excluding hydrogens is 462 g/mol. The molecule has 0 saturated heterocycles. The zero-order valence-electron chi connectivity index (χ0n) is 17.5. The van der Waals surface area contributed by atoms with Gasteiger partial charge in [-0.3, -0.25) is 4.79 Å². The zero-order valence-corrected chi connectivity index (χ0v) is 17.5. The lowest BCUT2D eigenvalue weighted by Gasteiger charge is -2.13. The van der Waals surface area contributed by atoms with Crippen LogP contribution in [0.2, 0.25) is 0 Å². The summed E-state index contributed by atoms with van der Waals surface area (Å²) in [7, 11) is 0. The summed E-state index contributed by atoms with van der Waals surface area (Å²) in [6, 6.07) is 15.1. The molecule has 3 aromatic rings. The van der Waals surface area contributed by atoms with Crippen molar-refractivity contribution in [2.75, 3.05) is 6.61 Å². The fourth-order valence-corrected chi connectivity index (χ4v) is 3.20. The van der Waals surface area contributed by atoms with Crippen molar-refractivity contribution < 1.29 is 41.0 Å². The maximum atomic E-state index is 13.0. The Balaban J connectivity index is 1.73. The minimum absolute atomic E-state index is 0.0742. The maximum absolute atomic E-state index is 13.0. The van der Waals surface area contributed by atoms with Crippen molar-refractivity contribution in [3.05, 3.63) is 95.1 Å². The second kappa shape index (κ2) is 10.0. The molecule has 3 nitrogen and oxygen atoms in total. The van der Waals surface area contributed by atoms with E-state index < -0.39 is 29.4 Å². The number of aliphatic carboxylic acids is 1. The lowest BCUT2D eigenvalue weighted by atomic mass is 10.0. The Labute approximate surface area is 190 Å². The fraction of sp³-hybridized carbons (Fsp3) is 0.160. The molecule has 0 atom stereocenters. The lowest BCUT2D eigenvalue weighted by molar-refractivity contribution is -0.143. The number of carbonyl (C=O) groups is 1. The standard InChI is InChI=1S/C25H18F6O3/c26-24(27,28)20-11-17(12-21(15-20)25(29,30)31)5-3-9-34-22-8-2-7-19(14-22)18-6-1-4-16(10-18)13-23(32)33/h1-8,10-12,14-15H,9,13H2,(H,32,33). The van der Waals surface area contributed by atoms with Crippen LogP contribution in [0, 0.1) is 0 Å². The van der Waals surface area contributed by atoms with Crippen LogP contribution in [0.4, 0.5) is 26.3 Å². The fourth-order valence-electron chi connectivity index (χ4n) is 3.20. The maximum Gasteiger partial charge on any atom is 0.416 e. The number of alkyl halides is 6. The van der Waals surface area contributed by atoms with E-state index in [1.165, 1.54) is 6.08 Å². The summed E-state index contributed by atoms with van der Waals surface area (Å²) in [5, 5.41) is 8.95. The quantitative estimate of drug-likeness (QED) is 0.367. The van der Waals surface area contributed by atoms with Gasteiger partial charge in [0.25, 0.3) is 0 Å². The molecule has 34 heavy (non-hydrogen) atoms. The molecule has 0 bridgehead atoms. The number of halogens is 6. The van der Waals surface area contributed by atoms with Gasteiger partial charge in [-0.2, -0.15) is 26.3 Å². The number of carboxylic acid groups (broad SMARTS) is 1. The summed E-state index contributed by atoms with van der Waals surface area (Å²) in [4.78, 5) is 10.9. The Morgan fingerprint density at radius 1 is 0.824 bits per heavy atom. The Hall–Kier alpha value is -3.75. The largest absolute Gasteiger partial charge is 0.490 e. The zero-order chi connectivity index (χ0) is 24.9. The summed E-state index contributed by atoms with van der Waals surface area (Å²) in [5.41, 5.74) is -0.889. The predicted molar refractivity (Wildman–Crippen MR) is 114 cm³/mol. The third-order valence-electron chi connectivity index (χ3n) is 4.72. The Morgan fingerprint density at radius 3 is 2.00 bits per heavy atom. The van der Waals surface area contributed by atoms with Crippen molar-refractivity contribution in [1.82, 2.24) is 0 Å².